The molecule has 0 fully saturated rings. The average Bonchev–Trinajstić information content (AvgIpc) is 2.39. The second-order valence-electron chi connectivity index (χ2n) is 3.81. The summed E-state index contributed by atoms with van der Waals surface area (Å²) < 4.78 is 10.7. The number of methoxy groups -OCH3 is 2. The van der Waals surface area contributed by atoms with Gasteiger partial charge in [0.15, 0.2) is 0 Å². The molecule has 0 radical (unpaired) electrons. The zero-order valence-corrected chi connectivity index (χ0v) is 11.0. The van der Waals surface area contributed by atoms with Crippen LogP contribution in [0.1, 0.15) is 0 Å². The van der Waals surface area contributed by atoms with Crippen molar-refractivity contribution in [2.45, 2.75) is 0 Å². The minimum atomic E-state index is 0.599. The molecule has 0 heterocycles. The van der Waals surface area contributed by atoms with E-state index in [9.17, 15) is 0 Å². The third kappa shape index (κ3) is 2.36. The third-order valence-electron chi connectivity index (χ3n) is 2.66. The Hall–Kier alpha value is -1.87. The predicted octanol–water partition coefficient (Wildman–Crippen LogP) is 3.61. The lowest BCUT2D eigenvalue weighted by Gasteiger charge is -2.14. The maximum Gasteiger partial charge on any atom is 0.132 e. The van der Waals surface area contributed by atoms with Gasteiger partial charge in [-0.05, 0) is 17.7 Å². The molecule has 94 valence electrons. The molecule has 4 heteroatoms. The van der Waals surface area contributed by atoms with Gasteiger partial charge < -0.3 is 15.2 Å². The summed E-state index contributed by atoms with van der Waals surface area (Å²) in [6.45, 7) is 0. The van der Waals surface area contributed by atoms with Gasteiger partial charge in [-0.15, -0.1) is 0 Å². The van der Waals surface area contributed by atoms with Gasteiger partial charge in [-0.2, -0.15) is 0 Å². The van der Waals surface area contributed by atoms with Crippen LogP contribution in [0, 0.1) is 0 Å². The van der Waals surface area contributed by atoms with Crippen LogP contribution in [-0.2, 0) is 0 Å². The van der Waals surface area contributed by atoms with Crippen LogP contribution in [0.4, 0.5) is 5.69 Å². The highest BCUT2D eigenvalue weighted by Gasteiger charge is 2.13. The first kappa shape index (κ1) is 12.6. The normalized spacial score (nSPS) is 10.2. The molecule has 0 unspecified atom stereocenters. The summed E-state index contributed by atoms with van der Waals surface area (Å²) in [5, 5.41) is 0.687. The van der Waals surface area contributed by atoms with Crippen LogP contribution in [0.15, 0.2) is 36.4 Å². The molecule has 0 bridgehead atoms. The first-order valence-electron chi connectivity index (χ1n) is 5.43. The Labute approximate surface area is 111 Å². The van der Waals surface area contributed by atoms with Crippen molar-refractivity contribution in [3.63, 3.8) is 0 Å². The van der Waals surface area contributed by atoms with Crippen LogP contribution in [0.3, 0.4) is 0 Å². The number of benzene rings is 2. The first-order chi connectivity index (χ1) is 8.65. The van der Waals surface area contributed by atoms with Gasteiger partial charge in [0.2, 0.25) is 0 Å². The Morgan fingerprint density at radius 3 is 1.89 bits per heavy atom. The van der Waals surface area contributed by atoms with Crippen molar-refractivity contribution in [3.8, 4) is 22.6 Å². The highest BCUT2D eigenvalue weighted by molar-refractivity contribution is 6.30. The van der Waals surface area contributed by atoms with Crippen molar-refractivity contribution in [1.29, 1.82) is 0 Å². The lowest BCUT2D eigenvalue weighted by molar-refractivity contribution is 0.398. The van der Waals surface area contributed by atoms with Crippen LogP contribution in [0.25, 0.3) is 11.1 Å². The smallest absolute Gasteiger partial charge is 0.132 e. The molecule has 0 spiro atoms. The second kappa shape index (κ2) is 5.19. The Kier molecular flexibility index (Phi) is 3.63. The highest BCUT2D eigenvalue weighted by Crippen LogP contribution is 2.40. The maximum atomic E-state index is 5.89. The second-order valence-corrected chi connectivity index (χ2v) is 4.24. The number of ether oxygens (including phenoxy) is 2. The molecular weight excluding hydrogens is 250 g/mol. The molecule has 2 aromatic carbocycles. The molecule has 18 heavy (non-hydrogen) atoms. The number of nitrogen functional groups attached to an aromatic ring is 1. The van der Waals surface area contributed by atoms with Crippen LogP contribution in [0.2, 0.25) is 5.02 Å². The molecule has 0 saturated heterocycles. The number of nitrogens with two attached hydrogens (primary N) is 1. The van der Waals surface area contributed by atoms with Crippen LogP contribution < -0.4 is 15.2 Å². The first-order valence-corrected chi connectivity index (χ1v) is 5.81. The Bertz CT molecular complexity index is 527. The Morgan fingerprint density at radius 2 is 1.44 bits per heavy atom. The largest absolute Gasteiger partial charge is 0.496 e. The SMILES string of the molecule is COc1cc(N)cc(OC)c1-c1ccc(Cl)cc1. The zero-order valence-electron chi connectivity index (χ0n) is 10.2. The van der Waals surface area contributed by atoms with E-state index in [4.69, 9.17) is 26.8 Å². The van der Waals surface area contributed by atoms with Gasteiger partial charge in [-0.1, -0.05) is 23.7 Å². The molecule has 2 N–H and O–H groups in total. The van der Waals surface area contributed by atoms with Gasteiger partial charge in [0.25, 0.3) is 0 Å². The average molecular weight is 264 g/mol. The summed E-state index contributed by atoms with van der Waals surface area (Å²) in [5.74, 6) is 1.35. The van der Waals surface area contributed by atoms with Gasteiger partial charge >= 0.3 is 0 Å². The van der Waals surface area contributed by atoms with Gasteiger partial charge in [-0.25, -0.2) is 0 Å². The quantitative estimate of drug-likeness (QED) is 0.861. The van der Waals surface area contributed by atoms with Crippen molar-refractivity contribution >= 4 is 17.3 Å². The van der Waals surface area contributed by atoms with E-state index in [1.165, 1.54) is 0 Å². The summed E-state index contributed by atoms with van der Waals surface area (Å²) >= 11 is 5.89. The minimum Gasteiger partial charge on any atom is -0.496 e. The van der Waals surface area contributed by atoms with Crippen LogP contribution >= 0.6 is 11.6 Å². The molecule has 0 atom stereocenters. The molecule has 0 aliphatic rings. The zero-order chi connectivity index (χ0) is 13.1. The highest BCUT2D eigenvalue weighted by atomic mass is 35.5. The topological polar surface area (TPSA) is 44.5 Å². The molecular formula is C14H14ClNO2. The van der Waals surface area contributed by atoms with E-state index in [0.29, 0.717) is 22.2 Å². The van der Waals surface area contributed by atoms with Crippen molar-refractivity contribution in [2.75, 3.05) is 20.0 Å². The summed E-state index contributed by atoms with van der Waals surface area (Å²) in [4.78, 5) is 0. The summed E-state index contributed by atoms with van der Waals surface area (Å²) in [6, 6.07) is 11.0. The van der Waals surface area contributed by atoms with Gasteiger partial charge in [0, 0.05) is 22.8 Å². The molecule has 2 aromatic rings. The summed E-state index contributed by atoms with van der Waals surface area (Å²) in [6.07, 6.45) is 0. The standard InChI is InChI=1S/C14H14ClNO2/c1-17-12-7-11(16)8-13(18-2)14(12)9-3-5-10(15)6-4-9/h3-8H,16H2,1-2H3. The number of anilines is 1. The van der Waals surface area contributed by atoms with Crippen molar-refractivity contribution in [2.24, 2.45) is 0 Å². The third-order valence-corrected chi connectivity index (χ3v) is 2.91. The van der Waals surface area contributed by atoms with E-state index >= 15 is 0 Å². The lowest BCUT2D eigenvalue weighted by Crippen LogP contribution is -1.96. The van der Waals surface area contributed by atoms with Crippen molar-refractivity contribution in [1.82, 2.24) is 0 Å². The number of halogens is 1. The van der Waals surface area contributed by atoms with Gasteiger partial charge in [0.05, 0.1) is 19.8 Å². The maximum absolute atomic E-state index is 5.89. The van der Waals surface area contributed by atoms with E-state index in [0.717, 1.165) is 11.1 Å². The summed E-state index contributed by atoms with van der Waals surface area (Å²) in [5.41, 5.74) is 8.23. The summed E-state index contributed by atoms with van der Waals surface area (Å²) in [7, 11) is 3.21. The predicted molar refractivity (Wildman–Crippen MR) is 74.4 cm³/mol. The fourth-order valence-corrected chi connectivity index (χ4v) is 1.96. The molecule has 0 saturated carbocycles. The fraction of sp³-hybridized carbons (Fsp3) is 0.143. The minimum absolute atomic E-state index is 0.599. The molecule has 0 amide bonds. The molecule has 0 aliphatic heterocycles. The van der Waals surface area contributed by atoms with Gasteiger partial charge in [-0.3, -0.25) is 0 Å². The van der Waals surface area contributed by atoms with Crippen molar-refractivity contribution < 1.29 is 9.47 Å². The van der Waals surface area contributed by atoms with Crippen LogP contribution in [-0.4, -0.2) is 14.2 Å². The monoisotopic (exact) mass is 263 g/mol. The van der Waals surface area contributed by atoms with Crippen molar-refractivity contribution in [3.05, 3.63) is 41.4 Å². The van der Waals surface area contributed by atoms with E-state index in [-0.39, 0.29) is 0 Å². The molecule has 3 nitrogen and oxygen atoms in total. The molecule has 2 rings (SSSR count). The lowest BCUT2D eigenvalue weighted by atomic mass is 10.0. The van der Waals surface area contributed by atoms with E-state index < -0.39 is 0 Å². The number of rotatable bonds is 3. The van der Waals surface area contributed by atoms with Crippen LogP contribution in [0.5, 0.6) is 11.5 Å². The Morgan fingerprint density at radius 1 is 0.944 bits per heavy atom. The van der Waals surface area contributed by atoms with E-state index in [1.807, 2.05) is 24.3 Å². The number of hydrogen-bond acceptors (Lipinski definition) is 3. The van der Waals surface area contributed by atoms with E-state index in [1.54, 1.807) is 26.4 Å². The number of hydrogen-bond donors (Lipinski definition) is 1. The van der Waals surface area contributed by atoms with Gasteiger partial charge in [0.1, 0.15) is 11.5 Å². The fourth-order valence-electron chi connectivity index (χ4n) is 1.83. The van der Waals surface area contributed by atoms with E-state index in [2.05, 4.69) is 0 Å². The molecule has 0 aliphatic carbocycles. The molecule has 0 aromatic heterocycles. The Balaban J connectivity index is 2.64.